The molecule has 0 amide bonds. The highest BCUT2D eigenvalue weighted by Gasteiger charge is 2.14. The molecule has 1 N–H and O–H groups in total. The van der Waals surface area contributed by atoms with Crippen LogP contribution in [0.4, 0.5) is 0 Å². The van der Waals surface area contributed by atoms with Gasteiger partial charge in [0.05, 0.1) is 4.90 Å². The molecule has 7 heteroatoms. The van der Waals surface area contributed by atoms with Gasteiger partial charge < -0.3 is 4.57 Å². The van der Waals surface area contributed by atoms with Crippen LogP contribution in [-0.2, 0) is 23.5 Å². The molecule has 1 heterocycles. The van der Waals surface area contributed by atoms with Crippen molar-refractivity contribution in [1.29, 1.82) is 0 Å². The number of sulfonamides is 1. The van der Waals surface area contributed by atoms with Gasteiger partial charge in [-0.15, -0.1) is 0 Å². The van der Waals surface area contributed by atoms with Crippen LogP contribution in [0, 0.1) is 6.92 Å². The number of nitrogens with one attached hydrogen (secondary N) is 1. The topological polar surface area (TPSA) is 64.0 Å². The van der Waals surface area contributed by atoms with E-state index in [2.05, 4.69) is 25.6 Å². The summed E-state index contributed by atoms with van der Waals surface area (Å²) in [5.41, 5.74) is 0.886. The van der Waals surface area contributed by atoms with Crippen LogP contribution in [0.25, 0.3) is 0 Å². The lowest BCUT2D eigenvalue weighted by atomic mass is 10.2. The lowest BCUT2D eigenvalue weighted by Gasteiger charge is -2.08. The molecule has 1 aromatic carbocycles. The smallest absolute Gasteiger partial charge is 0.240 e. The van der Waals surface area contributed by atoms with Crippen LogP contribution >= 0.6 is 15.9 Å². The van der Waals surface area contributed by atoms with Gasteiger partial charge in [0.15, 0.2) is 0 Å². The van der Waals surface area contributed by atoms with Crippen LogP contribution in [-0.4, -0.2) is 24.5 Å². The molecule has 0 radical (unpaired) electrons. The summed E-state index contributed by atoms with van der Waals surface area (Å²) >= 11 is 3.36. The molecule has 0 spiro atoms. The maximum absolute atomic E-state index is 12.2. The molecule has 0 unspecified atom stereocenters. The maximum atomic E-state index is 12.2. The largest absolute Gasteiger partial charge is 0.338 e. The fourth-order valence-corrected chi connectivity index (χ4v) is 3.17. The van der Waals surface area contributed by atoms with E-state index in [4.69, 9.17) is 0 Å². The predicted molar refractivity (Wildman–Crippen MR) is 81.0 cm³/mol. The van der Waals surface area contributed by atoms with Crippen LogP contribution in [0.2, 0.25) is 0 Å². The number of aryl methyl sites for hydroxylation is 2. The molecule has 2 aromatic rings. The summed E-state index contributed by atoms with van der Waals surface area (Å²) in [6.45, 7) is 2.18. The van der Waals surface area contributed by atoms with Gasteiger partial charge in [0.1, 0.15) is 5.82 Å². The fraction of sp³-hybridized carbons (Fsp3) is 0.308. The number of aromatic nitrogens is 2. The van der Waals surface area contributed by atoms with Crippen molar-refractivity contribution in [1.82, 2.24) is 14.3 Å². The van der Waals surface area contributed by atoms with E-state index in [1.165, 1.54) is 0 Å². The third-order valence-electron chi connectivity index (χ3n) is 3.00. The number of halogens is 1. The lowest BCUT2D eigenvalue weighted by molar-refractivity contribution is 0.580. The Morgan fingerprint density at radius 2 is 2.15 bits per heavy atom. The molecule has 2 rings (SSSR count). The van der Waals surface area contributed by atoms with Gasteiger partial charge in [-0.2, -0.15) is 0 Å². The van der Waals surface area contributed by atoms with Crippen LogP contribution < -0.4 is 4.72 Å². The third-order valence-corrected chi connectivity index (χ3v) is 5.35. The van der Waals surface area contributed by atoms with E-state index >= 15 is 0 Å². The molecular formula is C13H16BrN3O2S. The van der Waals surface area contributed by atoms with Crippen molar-refractivity contribution in [2.75, 3.05) is 6.54 Å². The Kier molecular flexibility index (Phi) is 4.62. The Bertz CT molecular complexity index is 710. The van der Waals surface area contributed by atoms with Crippen molar-refractivity contribution in [3.63, 3.8) is 0 Å². The molecule has 0 atom stereocenters. The number of nitrogens with zero attached hydrogens (tertiary/aromatic N) is 2. The van der Waals surface area contributed by atoms with Crippen LogP contribution in [0.5, 0.6) is 0 Å². The number of imidazole rings is 1. The highest BCUT2D eigenvalue weighted by atomic mass is 79.9. The molecular weight excluding hydrogens is 342 g/mol. The van der Waals surface area contributed by atoms with Crippen molar-refractivity contribution in [3.05, 3.63) is 46.5 Å². The zero-order chi connectivity index (χ0) is 14.8. The molecule has 108 valence electrons. The van der Waals surface area contributed by atoms with Crippen LogP contribution in [0.3, 0.4) is 0 Å². The summed E-state index contributed by atoms with van der Waals surface area (Å²) in [6.07, 6.45) is 4.09. The normalized spacial score (nSPS) is 11.8. The first-order valence-corrected chi connectivity index (χ1v) is 8.40. The van der Waals surface area contributed by atoms with Gasteiger partial charge in [0, 0.05) is 36.9 Å². The molecule has 0 bridgehead atoms. The summed E-state index contributed by atoms with van der Waals surface area (Å²) in [4.78, 5) is 4.43. The van der Waals surface area contributed by atoms with E-state index in [1.54, 1.807) is 24.4 Å². The van der Waals surface area contributed by atoms with Gasteiger partial charge in [-0.25, -0.2) is 18.1 Å². The number of hydrogen-bond acceptors (Lipinski definition) is 3. The van der Waals surface area contributed by atoms with Gasteiger partial charge in [-0.05, 0) is 30.7 Å². The van der Waals surface area contributed by atoms with Crippen LogP contribution in [0.1, 0.15) is 11.4 Å². The summed E-state index contributed by atoms with van der Waals surface area (Å²) in [7, 11) is -1.59. The van der Waals surface area contributed by atoms with E-state index < -0.39 is 10.0 Å². The number of hydrogen-bond donors (Lipinski definition) is 1. The Morgan fingerprint density at radius 3 is 2.75 bits per heavy atom. The van der Waals surface area contributed by atoms with Crippen LogP contribution in [0.15, 0.2) is 40.0 Å². The highest BCUT2D eigenvalue weighted by Crippen LogP contribution is 2.19. The first-order valence-electron chi connectivity index (χ1n) is 6.12. The minimum atomic E-state index is -3.47. The molecule has 0 aliphatic rings. The number of benzene rings is 1. The summed E-state index contributed by atoms with van der Waals surface area (Å²) in [5, 5.41) is 0. The van der Waals surface area contributed by atoms with E-state index in [0.29, 0.717) is 13.0 Å². The minimum Gasteiger partial charge on any atom is -0.338 e. The summed E-state index contributed by atoms with van der Waals surface area (Å²) < 4.78 is 29.7. The van der Waals surface area contributed by atoms with E-state index in [9.17, 15) is 8.42 Å². The van der Waals surface area contributed by atoms with Gasteiger partial charge in [0.25, 0.3) is 0 Å². The summed E-state index contributed by atoms with van der Waals surface area (Å²) in [6, 6.07) is 4.97. The van der Waals surface area contributed by atoms with Gasteiger partial charge in [0.2, 0.25) is 10.0 Å². The predicted octanol–water partition coefficient (Wildman–Crippen LogP) is 2.01. The van der Waals surface area contributed by atoms with E-state index in [0.717, 1.165) is 15.9 Å². The molecule has 0 saturated carbocycles. The average molecular weight is 358 g/mol. The average Bonchev–Trinajstić information content (AvgIpc) is 2.78. The molecule has 0 fully saturated rings. The second-order valence-corrected chi connectivity index (χ2v) is 7.13. The summed E-state index contributed by atoms with van der Waals surface area (Å²) in [5.74, 6) is 0.847. The quantitative estimate of drug-likeness (QED) is 0.889. The molecule has 20 heavy (non-hydrogen) atoms. The van der Waals surface area contributed by atoms with Crippen molar-refractivity contribution >= 4 is 26.0 Å². The second kappa shape index (κ2) is 6.07. The molecule has 0 aliphatic carbocycles. The van der Waals surface area contributed by atoms with Crippen molar-refractivity contribution in [2.45, 2.75) is 18.2 Å². The Labute approximate surface area is 127 Å². The molecule has 5 nitrogen and oxygen atoms in total. The standard InChI is InChI=1S/C13H16BrN3O2S/c1-10-9-11(3-4-12(10)14)20(18,19)16-6-5-13-15-7-8-17(13)2/h3-4,7-9,16H,5-6H2,1-2H3. The Hall–Kier alpha value is -1.18. The Morgan fingerprint density at radius 1 is 1.40 bits per heavy atom. The second-order valence-electron chi connectivity index (χ2n) is 4.51. The Balaban J connectivity index is 2.04. The SMILES string of the molecule is Cc1cc(S(=O)(=O)NCCc2nccn2C)ccc1Br. The van der Waals surface area contributed by atoms with Gasteiger partial charge in [-0.1, -0.05) is 15.9 Å². The molecule has 0 aliphatic heterocycles. The van der Waals surface area contributed by atoms with Crippen molar-refractivity contribution < 1.29 is 8.42 Å². The minimum absolute atomic E-state index is 0.276. The van der Waals surface area contributed by atoms with E-state index in [-0.39, 0.29) is 4.90 Å². The lowest BCUT2D eigenvalue weighted by Crippen LogP contribution is -2.26. The van der Waals surface area contributed by atoms with Crippen molar-refractivity contribution in [3.8, 4) is 0 Å². The zero-order valence-electron chi connectivity index (χ0n) is 11.3. The van der Waals surface area contributed by atoms with Crippen molar-refractivity contribution in [2.24, 2.45) is 7.05 Å². The first-order chi connectivity index (χ1) is 9.40. The molecule has 1 aromatic heterocycles. The molecule has 0 saturated heterocycles. The first kappa shape index (κ1) is 15.2. The number of rotatable bonds is 5. The maximum Gasteiger partial charge on any atom is 0.240 e. The third kappa shape index (κ3) is 3.47. The van der Waals surface area contributed by atoms with Gasteiger partial charge in [-0.3, -0.25) is 0 Å². The van der Waals surface area contributed by atoms with E-state index in [1.807, 2.05) is 24.7 Å². The van der Waals surface area contributed by atoms with Gasteiger partial charge >= 0.3 is 0 Å². The zero-order valence-corrected chi connectivity index (χ0v) is 13.7. The monoisotopic (exact) mass is 357 g/mol. The fourth-order valence-electron chi connectivity index (χ4n) is 1.80. The highest BCUT2D eigenvalue weighted by molar-refractivity contribution is 9.10.